The predicted molar refractivity (Wildman–Crippen MR) is 60.5 cm³/mol. The topological polar surface area (TPSA) is 46.5 Å². The molecule has 0 spiro atoms. The number of carbonyl (C=O) groups is 1. The highest BCUT2D eigenvalue weighted by molar-refractivity contribution is 5.72. The molecule has 0 saturated heterocycles. The summed E-state index contributed by atoms with van der Waals surface area (Å²) in [5.41, 5.74) is -0.741. The Morgan fingerprint density at radius 1 is 1.40 bits per heavy atom. The normalized spacial score (nSPS) is 19.1. The predicted octanol–water partition coefficient (Wildman–Crippen LogP) is 2.52. The average molecular weight is 216 g/mol. The first kappa shape index (κ1) is 14.4. The van der Waals surface area contributed by atoms with Crippen molar-refractivity contribution >= 4 is 5.97 Å². The van der Waals surface area contributed by atoms with Gasteiger partial charge >= 0.3 is 5.97 Å². The molecule has 0 saturated carbocycles. The van der Waals surface area contributed by atoms with E-state index in [0.717, 1.165) is 6.42 Å². The fourth-order valence-corrected chi connectivity index (χ4v) is 1.29. The number of aliphatic hydroxyl groups is 1. The van der Waals surface area contributed by atoms with Crippen LogP contribution in [0.25, 0.3) is 0 Å². The second-order valence-corrected chi connectivity index (χ2v) is 4.61. The zero-order chi connectivity index (χ0) is 12.1. The first-order chi connectivity index (χ1) is 6.82. The fourth-order valence-electron chi connectivity index (χ4n) is 1.29. The van der Waals surface area contributed by atoms with Gasteiger partial charge in [-0.25, -0.2) is 0 Å². The molecule has 0 aliphatic carbocycles. The maximum Gasteiger partial charge on any atom is 0.308 e. The molecule has 0 aromatic rings. The van der Waals surface area contributed by atoms with E-state index in [0.29, 0.717) is 12.8 Å². The van der Waals surface area contributed by atoms with Crippen molar-refractivity contribution in [2.24, 2.45) is 5.92 Å². The summed E-state index contributed by atoms with van der Waals surface area (Å²) in [5.74, 6) is -0.226. The zero-order valence-corrected chi connectivity index (χ0v) is 10.5. The first-order valence-corrected chi connectivity index (χ1v) is 5.75. The molecule has 0 aliphatic rings. The molecule has 0 aromatic heterocycles. The summed E-state index contributed by atoms with van der Waals surface area (Å²) < 4.78 is 5.24. The van der Waals surface area contributed by atoms with Crippen LogP contribution in [-0.2, 0) is 9.53 Å². The van der Waals surface area contributed by atoms with E-state index in [-0.39, 0.29) is 18.0 Å². The minimum absolute atomic E-state index is 0.0565. The van der Waals surface area contributed by atoms with Crippen LogP contribution in [0.2, 0.25) is 0 Å². The summed E-state index contributed by atoms with van der Waals surface area (Å²) >= 11 is 0. The van der Waals surface area contributed by atoms with Crippen LogP contribution in [-0.4, -0.2) is 22.8 Å². The largest absolute Gasteiger partial charge is 0.462 e. The molecule has 0 bridgehead atoms. The SMILES string of the molecule is CCC(C)C(=O)OC(C)CC(C)(O)CC. The van der Waals surface area contributed by atoms with Gasteiger partial charge < -0.3 is 9.84 Å². The molecule has 0 radical (unpaired) electrons. The fraction of sp³-hybridized carbons (Fsp3) is 0.917. The molecular weight excluding hydrogens is 192 g/mol. The van der Waals surface area contributed by atoms with E-state index in [2.05, 4.69) is 0 Å². The maximum atomic E-state index is 11.5. The average Bonchev–Trinajstić information content (AvgIpc) is 2.15. The van der Waals surface area contributed by atoms with Crippen LogP contribution < -0.4 is 0 Å². The van der Waals surface area contributed by atoms with Gasteiger partial charge in [-0.1, -0.05) is 20.8 Å². The Morgan fingerprint density at radius 2 is 1.93 bits per heavy atom. The molecule has 15 heavy (non-hydrogen) atoms. The highest BCUT2D eigenvalue weighted by Crippen LogP contribution is 2.18. The summed E-state index contributed by atoms with van der Waals surface area (Å²) in [6, 6.07) is 0. The van der Waals surface area contributed by atoms with Crippen LogP contribution in [0.3, 0.4) is 0 Å². The minimum Gasteiger partial charge on any atom is -0.462 e. The van der Waals surface area contributed by atoms with Gasteiger partial charge in [-0.15, -0.1) is 0 Å². The molecule has 0 aromatic carbocycles. The Morgan fingerprint density at radius 3 is 2.33 bits per heavy atom. The van der Waals surface area contributed by atoms with Crippen LogP contribution >= 0.6 is 0 Å². The quantitative estimate of drug-likeness (QED) is 0.694. The van der Waals surface area contributed by atoms with Gasteiger partial charge in [0.15, 0.2) is 0 Å². The molecule has 0 heterocycles. The number of carbonyl (C=O) groups excluding carboxylic acids is 1. The molecule has 3 atom stereocenters. The van der Waals surface area contributed by atoms with Crippen molar-refractivity contribution < 1.29 is 14.6 Å². The summed E-state index contributed by atoms with van der Waals surface area (Å²) in [7, 11) is 0. The Bertz CT molecular complexity index is 199. The van der Waals surface area contributed by atoms with Crippen LogP contribution in [0.1, 0.15) is 53.9 Å². The van der Waals surface area contributed by atoms with E-state index in [1.165, 1.54) is 0 Å². The standard InChI is InChI=1S/C12H24O3/c1-6-9(3)11(13)15-10(4)8-12(5,14)7-2/h9-10,14H,6-8H2,1-5H3. The zero-order valence-electron chi connectivity index (χ0n) is 10.5. The van der Waals surface area contributed by atoms with Gasteiger partial charge in [0.05, 0.1) is 11.5 Å². The Hall–Kier alpha value is -0.570. The second kappa shape index (κ2) is 6.11. The highest BCUT2D eigenvalue weighted by Gasteiger charge is 2.24. The monoisotopic (exact) mass is 216 g/mol. The van der Waals surface area contributed by atoms with E-state index < -0.39 is 5.60 Å². The molecule has 0 fully saturated rings. The van der Waals surface area contributed by atoms with Gasteiger partial charge in [-0.2, -0.15) is 0 Å². The Labute approximate surface area is 92.8 Å². The lowest BCUT2D eigenvalue weighted by Crippen LogP contribution is -2.31. The molecular formula is C12H24O3. The molecule has 3 heteroatoms. The van der Waals surface area contributed by atoms with E-state index in [9.17, 15) is 9.90 Å². The summed E-state index contributed by atoms with van der Waals surface area (Å²) in [5, 5.41) is 9.81. The van der Waals surface area contributed by atoms with E-state index >= 15 is 0 Å². The van der Waals surface area contributed by atoms with Crippen LogP contribution in [0, 0.1) is 5.92 Å². The molecule has 90 valence electrons. The summed E-state index contributed by atoms with van der Waals surface area (Å²) in [6.07, 6.45) is 1.72. The van der Waals surface area contributed by atoms with Crippen LogP contribution in [0.15, 0.2) is 0 Å². The van der Waals surface area contributed by atoms with Crippen molar-refractivity contribution in [3.63, 3.8) is 0 Å². The third-order valence-electron chi connectivity index (χ3n) is 2.82. The number of esters is 1. The number of hydrogen-bond acceptors (Lipinski definition) is 3. The van der Waals surface area contributed by atoms with E-state index in [4.69, 9.17) is 4.74 Å². The van der Waals surface area contributed by atoms with Gasteiger partial charge in [0, 0.05) is 6.42 Å². The molecule has 0 amide bonds. The third-order valence-corrected chi connectivity index (χ3v) is 2.82. The highest BCUT2D eigenvalue weighted by atomic mass is 16.5. The third kappa shape index (κ3) is 5.78. The van der Waals surface area contributed by atoms with Gasteiger partial charge in [0.25, 0.3) is 0 Å². The molecule has 3 unspecified atom stereocenters. The number of rotatable bonds is 6. The van der Waals surface area contributed by atoms with Gasteiger partial charge in [0.2, 0.25) is 0 Å². The molecule has 0 aliphatic heterocycles. The molecule has 0 rings (SSSR count). The van der Waals surface area contributed by atoms with Crippen LogP contribution in [0.4, 0.5) is 0 Å². The van der Waals surface area contributed by atoms with Crippen molar-refractivity contribution in [3.8, 4) is 0 Å². The number of ether oxygens (including phenoxy) is 1. The van der Waals surface area contributed by atoms with Gasteiger partial charge in [0.1, 0.15) is 6.10 Å². The van der Waals surface area contributed by atoms with Crippen molar-refractivity contribution in [3.05, 3.63) is 0 Å². The minimum atomic E-state index is -0.741. The van der Waals surface area contributed by atoms with Crippen molar-refractivity contribution in [2.75, 3.05) is 0 Å². The molecule has 1 N–H and O–H groups in total. The van der Waals surface area contributed by atoms with Crippen LogP contribution in [0.5, 0.6) is 0 Å². The number of hydrogen-bond donors (Lipinski definition) is 1. The van der Waals surface area contributed by atoms with Crippen molar-refractivity contribution in [1.29, 1.82) is 0 Å². The lowest BCUT2D eigenvalue weighted by Gasteiger charge is -2.25. The molecule has 3 nitrogen and oxygen atoms in total. The lowest BCUT2D eigenvalue weighted by atomic mass is 9.96. The first-order valence-electron chi connectivity index (χ1n) is 5.75. The Balaban J connectivity index is 4.04. The smallest absolute Gasteiger partial charge is 0.308 e. The van der Waals surface area contributed by atoms with Gasteiger partial charge in [-0.05, 0) is 26.7 Å². The van der Waals surface area contributed by atoms with E-state index in [1.807, 2.05) is 27.7 Å². The van der Waals surface area contributed by atoms with Gasteiger partial charge in [-0.3, -0.25) is 4.79 Å². The maximum absolute atomic E-state index is 11.5. The van der Waals surface area contributed by atoms with Crippen molar-refractivity contribution in [1.82, 2.24) is 0 Å². The van der Waals surface area contributed by atoms with Crippen molar-refractivity contribution in [2.45, 2.75) is 65.6 Å². The summed E-state index contributed by atoms with van der Waals surface area (Å²) in [6.45, 7) is 9.32. The summed E-state index contributed by atoms with van der Waals surface area (Å²) in [4.78, 5) is 11.5. The lowest BCUT2D eigenvalue weighted by molar-refractivity contribution is -0.155. The Kier molecular flexibility index (Phi) is 5.88. The second-order valence-electron chi connectivity index (χ2n) is 4.61. The van der Waals surface area contributed by atoms with E-state index in [1.54, 1.807) is 6.92 Å².